The molecule has 2 heterocycles. The Balaban J connectivity index is 1.92. The van der Waals surface area contributed by atoms with E-state index in [-0.39, 0.29) is 5.91 Å². The van der Waals surface area contributed by atoms with Gasteiger partial charge in [0.2, 0.25) is 0 Å². The van der Waals surface area contributed by atoms with Gasteiger partial charge in [-0.15, -0.1) is 0 Å². The summed E-state index contributed by atoms with van der Waals surface area (Å²) in [4.78, 5) is 16.9. The van der Waals surface area contributed by atoms with Crippen LogP contribution in [0, 0.1) is 6.92 Å². The molecule has 5 heteroatoms. The summed E-state index contributed by atoms with van der Waals surface area (Å²) in [5.74, 6) is -0.211. The molecule has 0 fully saturated rings. The highest BCUT2D eigenvalue weighted by molar-refractivity contribution is 6.10. The lowest BCUT2D eigenvalue weighted by Gasteiger charge is -2.09. The first-order chi connectivity index (χ1) is 12.1. The number of benzene rings is 1. The number of carbonyl (C=O) groups is 1. The maximum absolute atomic E-state index is 12.7. The second-order valence-corrected chi connectivity index (χ2v) is 5.63. The van der Waals surface area contributed by atoms with E-state index in [2.05, 4.69) is 27.1 Å². The van der Waals surface area contributed by atoms with Crippen molar-refractivity contribution in [1.29, 1.82) is 0 Å². The minimum Gasteiger partial charge on any atom is -0.321 e. The molecule has 2 aromatic rings. The van der Waals surface area contributed by atoms with Gasteiger partial charge >= 0.3 is 0 Å². The molecule has 3 rings (SSSR count). The molecule has 1 aliphatic heterocycles. The van der Waals surface area contributed by atoms with Gasteiger partial charge in [0.05, 0.1) is 23.4 Å². The van der Waals surface area contributed by atoms with Gasteiger partial charge in [0.25, 0.3) is 5.91 Å². The minimum absolute atomic E-state index is 0.211. The Hall–Kier alpha value is -3.34. The molecule has 0 unspecified atom stereocenters. The van der Waals surface area contributed by atoms with Crippen LogP contribution < -0.4 is 5.32 Å². The highest BCUT2D eigenvalue weighted by Crippen LogP contribution is 2.22. The largest absolute Gasteiger partial charge is 0.321 e. The number of aliphatic imine (C=N–C) groups is 1. The van der Waals surface area contributed by atoms with E-state index < -0.39 is 0 Å². The Labute approximate surface area is 146 Å². The summed E-state index contributed by atoms with van der Waals surface area (Å²) in [5.41, 5.74) is 3.47. The van der Waals surface area contributed by atoms with Crippen LogP contribution in [0.25, 0.3) is 10.9 Å². The van der Waals surface area contributed by atoms with Crippen LogP contribution in [-0.2, 0) is 4.79 Å². The van der Waals surface area contributed by atoms with Crippen molar-refractivity contribution in [2.45, 2.75) is 6.92 Å². The fourth-order valence-corrected chi connectivity index (χ4v) is 2.43. The van der Waals surface area contributed by atoms with E-state index in [1.807, 2.05) is 43.3 Å². The third-order valence-corrected chi connectivity index (χ3v) is 3.61. The highest BCUT2D eigenvalue weighted by atomic mass is 16.1. The van der Waals surface area contributed by atoms with Crippen LogP contribution in [0.4, 0.5) is 5.69 Å². The lowest BCUT2D eigenvalue weighted by atomic mass is 10.1. The second-order valence-electron chi connectivity index (χ2n) is 5.63. The van der Waals surface area contributed by atoms with Crippen LogP contribution in [0.15, 0.2) is 77.4 Å². The molecule has 124 valence electrons. The van der Waals surface area contributed by atoms with E-state index >= 15 is 0 Å². The number of hydrogen-bond acceptors (Lipinski definition) is 4. The Morgan fingerprint density at radius 1 is 1.24 bits per heavy atom. The van der Waals surface area contributed by atoms with E-state index in [0.29, 0.717) is 17.8 Å². The van der Waals surface area contributed by atoms with Crippen molar-refractivity contribution in [2.24, 2.45) is 4.99 Å². The van der Waals surface area contributed by atoms with Gasteiger partial charge in [-0.1, -0.05) is 30.9 Å². The van der Waals surface area contributed by atoms with Crippen molar-refractivity contribution in [3.05, 3.63) is 78.1 Å². The number of hydrogen-bond donors (Lipinski definition) is 1. The van der Waals surface area contributed by atoms with Gasteiger partial charge in [0, 0.05) is 17.2 Å². The number of anilines is 1. The van der Waals surface area contributed by atoms with Gasteiger partial charge in [-0.2, -0.15) is 10.2 Å². The third kappa shape index (κ3) is 4.14. The van der Waals surface area contributed by atoms with Gasteiger partial charge in [0.1, 0.15) is 0 Å². The van der Waals surface area contributed by atoms with Gasteiger partial charge in [-0.25, -0.2) is 0 Å². The number of aryl methyl sites for hydroxylation is 1. The number of fused-ring (bicyclic) bond motifs is 1. The number of aromatic nitrogens is 2. The predicted octanol–water partition coefficient (Wildman–Crippen LogP) is 3.56. The molecular formula is C20H18N4O. The standard InChI is InChI=1S/C20H18N4O/c1-14-6-4-10-21-11-5-7-16(12-14)20(25)22-18-8-3-9-19-17(18)13-15(2)23-24-19/h3-10,12-13H,1,11H2,2H3,(H,22,25)/b6-4-,7-5-,16-12?,21-10?. The van der Waals surface area contributed by atoms with Gasteiger partial charge in [-0.3, -0.25) is 9.79 Å². The Bertz CT molecular complexity index is 951. The summed E-state index contributed by atoms with van der Waals surface area (Å²) >= 11 is 0. The van der Waals surface area contributed by atoms with Crippen molar-refractivity contribution >= 4 is 28.7 Å². The SMILES string of the molecule is C=C1C=C(C(=O)Nc2cccc3nnc(C)cc23)/C=C\CN=C/C=C\1. The number of amides is 1. The molecule has 0 bridgehead atoms. The molecule has 0 saturated heterocycles. The zero-order chi connectivity index (χ0) is 17.6. The van der Waals surface area contributed by atoms with Crippen molar-refractivity contribution in [1.82, 2.24) is 10.2 Å². The molecule has 1 aromatic carbocycles. The molecule has 1 aromatic heterocycles. The van der Waals surface area contributed by atoms with Crippen LogP contribution in [0.3, 0.4) is 0 Å². The molecule has 1 N–H and O–H groups in total. The highest BCUT2D eigenvalue weighted by Gasteiger charge is 2.10. The first-order valence-electron chi connectivity index (χ1n) is 7.91. The topological polar surface area (TPSA) is 67.2 Å². The summed E-state index contributed by atoms with van der Waals surface area (Å²) in [5, 5.41) is 12.0. The average molecular weight is 330 g/mol. The van der Waals surface area contributed by atoms with E-state index in [0.717, 1.165) is 22.2 Å². The Kier molecular flexibility index (Phi) is 4.95. The van der Waals surface area contributed by atoms with E-state index in [9.17, 15) is 4.79 Å². The van der Waals surface area contributed by atoms with E-state index in [1.54, 1.807) is 24.4 Å². The van der Waals surface area contributed by atoms with Crippen LogP contribution in [0.2, 0.25) is 0 Å². The van der Waals surface area contributed by atoms with Crippen LogP contribution in [0.5, 0.6) is 0 Å². The van der Waals surface area contributed by atoms with E-state index in [1.165, 1.54) is 0 Å². The number of rotatable bonds is 2. The summed E-state index contributed by atoms with van der Waals surface area (Å²) < 4.78 is 0. The maximum Gasteiger partial charge on any atom is 0.255 e. The monoisotopic (exact) mass is 330 g/mol. The maximum atomic E-state index is 12.7. The second kappa shape index (κ2) is 7.49. The fourth-order valence-electron chi connectivity index (χ4n) is 2.43. The summed E-state index contributed by atoms with van der Waals surface area (Å²) in [7, 11) is 0. The number of nitrogens with one attached hydrogen (secondary N) is 1. The lowest BCUT2D eigenvalue weighted by molar-refractivity contribution is -0.112. The third-order valence-electron chi connectivity index (χ3n) is 3.61. The molecule has 0 saturated carbocycles. The van der Waals surface area contributed by atoms with E-state index in [4.69, 9.17) is 0 Å². The van der Waals surface area contributed by atoms with Gasteiger partial charge < -0.3 is 5.32 Å². The number of nitrogens with zero attached hydrogens (tertiary/aromatic N) is 3. The van der Waals surface area contributed by atoms with Crippen molar-refractivity contribution in [3.63, 3.8) is 0 Å². The number of carbonyl (C=O) groups excluding carboxylic acids is 1. The van der Waals surface area contributed by atoms with Gasteiger partial charge in [0.15, 0.2) is 0 Å². The first-order valence-corrected chi connectivity index (χ1v) is 7.91. The molecule has 1 aliphatic rings. The summed E-state index contributed by atoms with van der Waals surface area (Å²) in [6.45, 7) is 6.32. The molecular weight excluding hydrogens is 312 g/mol. The molecule has 0 atom stereocenters. The fraction of sp³-hybridized carbons (Fsp3) is 0.100. The van der Waals surface area contributed by atoms with Crippen LogP contribution in [-0.4, -0.2) is 28.9 Å². The lowest BCUT2D eigenvalue weighted by Crippen LogP contribution is -2.14. The summed E-state index contributed by atoms with van der Waals surface area (Å²) in [6.07, 6.45) is 10.7. The zero-order valence-electron chi connectivity index (χ0n) is 13.9. The van der Waals surface area contributed by atoms with Crippen molar-refractivity contribution in [2.75, 3.05) is 11.9 Å². The average Bonchev–Trinajstić information content (AvgIpc) is 2.60. The van der Waals surface area contributed by atoms with Gasteiger partial charge in [-0.05, 0) is 42.8 Å². The Morgan fingerprint density at radius 2 is 2.12 bits per heavy atom. The Morgan fingerprint density at radius 3 is 3.00 bits per heavy atom. The zero-order valence-corrected chi connectivity index (χ0v) is 13.9. The van der Waals surface area contributed by atoms with Crippen LogP contribution >= 0.6 is 0 Å². The molecule has 0 spiro atoms. The molecule has 0 radical (unpaired) electrons. The number of allylic oxidation sites excluding steroid dienone is 4. The minimum atomic E-state index is -0.211. The molecule has 5 nitrogen and oxygen atoms in total. The molecule has 25 heavy (non-hydrogen) atoms. The van der Waals surface area contributed by atoms with Crippen molar-refractivity contribution < 1.29 is 4.79 Å². The van der Waals surface area contributed by atoms with Crippen LogP contribution in [0.1, 0.15) is 5.69 Å². The first kappa shape index (κ1) is 16.5. The smallest absolute Gasteiger partial charge is 0.255 e. The van der Waals surface area contributed by atoms with Crippen molar-refractivity contribution in [3.8, 4) is 0 Å². The quantitative estimate of drug-likeness (QED) is 0.915. The normalized spacial score (nSPS) is 17.0. The molecule has 0 aliphatic carbocycles. The summed E-state index contributed by atoms with van der Waals surface area (Å²) in [6, 6.07) is 7.47. The molecule has 1 amide bonds. The predicted molar refractivity (Wildman–Crippen MR) is 102 cm³/mol.